The molecular weight excluding hydrogens is 298 g/mol. The number of benzene rings is 1. The van der Waals surface area contributed by atoms with Crippen LogP contribution >= 0.6 is 27.3 Å². The number of hydrogen-bond donors (Lipinski definition) is 0. The number of aryl methyl sites for hydroxylation is 2. The van der Waals surface area contributed by atoms with E-state index in [-0.39, 0.29) is 5.78 Å². The number of halogens is 1. The Labute approximate surface area is 113 Å². The van der Waals surface area contributed by atoms with Crippen molar-refractivity contribution >= 4 is 33.0 Å². The summed E-state index contributed by atoms with van der Waals surface area (Å²) >= 11 is 4.97. The summed E-state index contributed by atoms with van der Waals surface area (Å²) < 4.78 is 1.03. The molecule has 17 heavy (non-hydrogen) atoms. The summed E-state index contributed by atoms with van der Waals surface area (Å²) in [6.45, 7) is 3.92. The molecule has 1 heterocycles. The van der Waals surface area contributed by atoms with E-state index in [0.29, 0.717) is 6.42 Å². The molecule has 0 fully saturated rings. The van der Waals surface area contributed by atoms with Gasteiger partial charge in [0, 0.05) is 21.1 Å². The Hall–Kier alpha value is -1.00. The molecule has 4 heteroatoms. The SMILES string of the molecule is Cc1csc(CC(=O)c2ccc(Br)c(C)c2)n1. The molecule has 0 bridgehead atoms. The van der Waals surface area contributed by atoms with Gasteiger partial charge >= 0.3 is 0 Å². The molecule has 0 aliphatic rings. The van der Waals surface area contributed by atoms with E-state index in [1.54, 1.807) is 0 Å². The summed E-state index contributed by atoms with van der Waals surface area (Å²) in [6, 6.07) is 5.67. The second kappa shape index (κ2) is 5.10. The van der Waals surface area contributed by atoms with Crippen molar-refractivity contribution in [2.45, 2.75) is 20.3 Å². The van der Waals surface area contributed by atoms with Gasteiger partial charge in [-0.1, -0.05) is 22.0 Å². The third kappa shape index (κ3) is 3.01. The minimum Gasteiger partial charge on any atom is -0.294 e. The summed E-state index contributed by atoms with van der Waals surface area (Å²) in [5.41, 5.74) is 2.80. The van der Waals surface area contributed by atoms with Crippen LogP contribution < -0.4 is 0 Å². The molecule has 1 aromatic carbocycles. The lowest BCUT2D eigenvalue weighted by Crippen LogP contribution is -2.03. The van der Waals surface area contributed by atoms with Crippen LogP contribution in [0.5, 0.6) is 0 Å². The molecule has 0 saturated heterocycles. The lowest BCUT2D eigenvalue weighted by Gasteiger charge is -2.02. The summed E-state index contributed by atoms with van der Waals surface area (Å²) in [5, 5.41) is 2.85. The molecule has 0 aliphatic carbocycles. The zero-order valence-electron chi connectivity index (χ0n) is 9.66. The summed E-state index contributed by atoms with van der Waals surface area (Å²) in [7, 11) is 0. The van der Waals surface area contributed by atoms with Gasteiger partial charge in [-0.2, -0.15) is 0 Å². The molecule has 2 rings (SSSR count). The Bertz CT molecular complexity index is 562. The van der Waals surface area contributed by atoms with Gasteiger partial charge in [0.2, 0.25) is 0 Å². The fourth-order valence-corrected chi connectivity index (χ4v) is 2.56. The smallest absolute Gasteiger partial charge is 0.169 e. The molecule has 1 aromatic heterocycles. The van der Waals surface area contributed by atoms with Crippen LogP contribution in [0.2, 0.25) is 0 Å². The summed E-state index contributed by atoms with van der Waals surface area (Å²) in [6.07, 6.45) is 0.388. The van der Waals surface area contributed by atoms with Crippen molar-refractivity contribution in [1.82, 2.24) is 4.98 Å². The zero-order chi connectivity index (χ0) is 12.4. The molecule has 0 atom stereocenters. The predicted molar refractivity (Wildman–Crippen MR) is 73.8 cm³/mol. The minimum atomic E-state index is 0.120. The van der Waals surface area contributed by atoms with Crippen molar-refractivity contribution in [3.8, 4) is 0 Å². The van der Waals surface area contributed by atoms with Crippen LogP contribution in [-0.4, -0.2) is 10.8 Å². The molecule has 0 N–H and O–H groups in total. The highest BCUT2D eigenvalue weighted by atomic mass is 79.9. The number of carbonyl (C=O) groups is 1. The van der Waals surface area contributed by atoms with E-state index in [1.807, 2.05) is 37.4 Å². The summed E-state index contributed by atoms with van der Waals surface area (Å²) in [5.74, 6) is 0.120. The average Bonchev–Trinajstić information content (AvgIpc) is 2.68. The molecule has 0 amide bonds. The third-order valence-corrected chi connectivity index (χ3v) is 4.31. The number of aromatic nitrogens is 1. The lowest BCUT2D eigenvalue weighted by molar-refractivity contribution is 0.0993. The number of Topliss-reactive ketones (excluding diaryl/α,β-unsaturated/α-hetero) is 1. The predicted octanol–water partition coefficient (Wildman–Crippen LogP) is 3.95. The first-order valence-corrected chi connectivity index (χ1v) is 6.94. The Morgan fingerprint density at radius 1 is 1.41 bits per heavy atom. The molecule has 2 aromatic rings. The maximum Gasteiger partial charge on any atom is 0.169 e. The second-order valence-electron chi connectivity index (χ2n) is 3.95. The fourth-order valence-electron chi connectivity index (χ4n) is 1.54. The van der Waals surface area contributed by atoms with E-state index in [9.17, 15) is 4.79 Å². The van der Waals surface area contributed by atoms with E-state index < -0.39 is 0 Å². The topological polar surface area (TPSA) is 30.0 Å². The van der Waals surface area contributed by atoms with Gasteiger partial charge in [0.1, 0.15) is 5.01 Å². The van der Waals surface area contributed by atoms with Crippen molar-refractivity contribution in [3.05, 3.63) is 49.9 Å². The molecule has 0 unspecified atom stereocenters. The monoisotopic (exact) mass is 309 g/mol. The normalized spacial score (nSPS) is 10.5. The van der Waals surface area contributed by atoms with Gasteiger partial charge in [0.15, 0.2) is 5.78 Å². The van der Waals surface area contributed by atoms with Crippen LogP contribution in [0.1, 0.15) is 26.6 Å². The Morgan fingerprint density at radius 3 is 2.76 bits per heavy atom. The van der Waals surface area contributed by atoms with Crippen LogP contribution in [0.4, 0.5) is 0 Å². The van der Waals surface area contributed by atoms with Crippen molar-refractivity contribution in [1.29, 1.82) is 0 Å². The number of rotatable bonds is 3. The molecule has 2 nitrogen and oxygen atoms in total. The van der Waals surface area contributed by atoms with E-state index in [0.717, 1.165) is 26.3 Å². The first-order chi connectivity index (χ1) is 8.06. The van der Waals surface area contributed by atoms with Gasteiger partial charge in [-0.3, -0.25) is 4.79 Å². The Kier molecular flexibility index (Phi) is 3.74. The van der Waals surface area contributed by atoms with Crippen molar-refractivity contribution in [2.24, 2.45) is 0 Å². The standard InChI is InChI=1S/C13H12BrNOS/c1-8-5-10(3-4-11(8)14)12(16)6-13-15-9(2)7-17-13/h3-5,7H,6H2,1-2H3. The van der Waals surface area contributed by atoms with Crippen molar-refractivity contribution in [3.63, 3.8) is 0 Å². The van der Waals surface area contributed by atoms with Gasteiger partial charge in [-0.25, -0.2) is 4.98 Å². The minimum absolute atomic E-state index is 0.120. The van der Waals surface area contributed by atoms with Crippen LogP contribution in [0.15, 0.2) is 28.1 Å². The zero-order valence-corrected chi connectivity index (χ0v) is 12.1. The highest BCUT2D eigenvalue weighted by molar-refractivity contribution is 9.10. The van der Waals surface area contributed by atoms with E-state index >= 15 is 0 Å². The van der Waals surface area contributed by atoms with Crippen molar-refractivity contribution in [2.75, 3.05) is 0 Å². The first kappa shape index (κ1) is 12.5. The highest BCUT2D eigenvalue weighted by Crippen LogP contribution is 2.19. The molecular formula is C13H12BrNOS. The van der Waals surface area contributed by atoms with Gasteiger partial charge < -0.3 is 0 Å². The quantitative estimate of drug-likeness (QED) is 0.804. The van der Waals surface area contributed by atoms with Crippen LogP contribution in [-0.2, 0) is 6.42 Å². The molecule has 0 spiro atoms. The largest absolute Gasteiger partial charge is 0.294 e. The molecule has 0 radical (unpaired) electrons. The highest BCUT2D eigenvalue weighted by Gasteiger charge is 2.10. The molecule has 0 aliphatic heterocycles. The third-order valence-electron chi connectivity index (χ3n) is 2.46. The maximum atomic E-state index is 12.0. The second-order valence-corrected chi connectivity index (χ2v) is 5.74. The van der Waals surface area contributed by atoms with Crippen LogP contribution in [0, 0.1) is 13.8 Å². The Balaban J connectivity index is 2.17. The number of nitrogens with zero attached hydrogens (tertiary/aromatic N) is 1. The number of thiazole rings is 1. The van der Waals surface area contributed by atoms with Crippen LogP contribution in [0.3, 0.4) is 0 Å². The molecule has 88 valence electrons. The van der Waals surface area contributed by atoms with E-state index in [1.165, 1.54) is 11.3 Å². The van der Waals surface area contributed by atoms with E-state index in [4.69, 9.17) is 0 Å². The average molecular weight is 310 g/mol. The lowest BCUT2D eigenvalue weighted by atomic mass is 10.1. The van der Waals surface area contributed by atoms with Crippen LogP contribution in [0.25, 0.3) is 0 Å². The maximum absolute atomic E-state index is 12.0. The summed E-state index contributed by atoms with van der Waals surface area (Å²) in [4.78, 5) is 16.3. The van der Waals surface area contributed by atoms with Gasteiger partial charge in [-0.15, -0.1) is 11.3 Å². The first-order valence-electron chi connectivity index (χ1n) is 5.26. The van der Waals surface area contributed by atoms with Crippen molar-refractivity contribution < 1.29 is 4.79 Å². The number of hydrogen-bond acceptors (Lipinski definition) is 3. The molecule has 0 saturated carbocycles. The van der Waals surface area contributed by atoms with E-state index in [2.05, 4.69) is 20.9 Å². The van der Waals surface area contributed by atoms with Gasteiger partial charge in [0.25, 0.3) is 0 Å². The Morgan fingerprint density at radius 2 is 2.18 bits per heavy atom. The van der Waals surface area contributed by atoms with Gasteiger partial charge in [-0.05, 0) is 31.5 Å². The number of ketones is 1. The number of carbonyl (C=O) groups excluding carboxylic acids is 1. The van der Waals surface area contributed by atoms with Gasteiger partial charge in [0.05, 0.1) is 6.42 Å². The fraction of sp³-hybridized carbons (Fsp3) is 0.231.